The summed E-state index contributed by atoms with van der Waals surface area (Å²) in [4.78, 5) is 10.8. The number of carboxylic acids is 1. The van der Waals surface area contributed by atoms with Gasteiger partial charge in [-0.1, -0.05) is 45.8 Å². The number of hydrogen-bond acceptors (Lipinski definition) is 1. The van der Waals surface area contributed by atoms with Gasteiger partial charge in [-0.15, -0.1) is 0 Å². The second kappa shape index (κ2) is 6.70. The highest BCUT2D eigenvalue weighted by Gasteiger charge is 2.17. The highest BCUT2D eigenvalue weighted by atomic mass is 16.4. The van der Waals surface area contributed by atoms with Crippen molar-refractivity contribution < 1.29 is 9.90 Å². The van der Waals surface area contributed by atoms with Crippen LogP contribution in [-0.4, -0.2) is 11.1 Å². The SMILES string of the molecule is CCCCC=CC(C(=O)O)C(C)C. The fraction of sp³-hybridized carbons (Fsp3) is 0.727. The number of carbonyl (C=O) groups is 1. The lowest BCUT2D eigenvalue weighted by Gasteiger charge is -2.10. The first kappa shape index (κ1) is 12.2. The Morgan fingerprint density at radius 1 is 1.46 bits per heavy atom. The third-order valence-corrected chi connectivity index (χ3v) is 2.07. The van der Waals surface area contributed by atoms with Gasteiger partial charge < -0.3 is 5.11 Å². The molecular weight excluding hydrogens is 164 g/mol. The predicted octanol–water partition coefficient (Wildman–Crippen LogP) is 3.09. The minimum absolute atomic E-state index is 0.176. The molecule has 0 aromatic heterocycles. The van der Waals surface area contributed by atoms with Gasteiger partial charge in [-0.05, 0) is 12.3 Å². The molecular formula is C11H20O2. The summed E-state index contributed by atoms with van der Waals surface area (Å²) in [5, 5.41) is 8.85. The Bertz CT molecular complexity index is 171. The van der Waals surface area contributed by atoms with Crippen LogP contribution in [0.1, 0.15) is 40.0 Å². The topological polar surface area (TPSA) is 37.3 Å². The van der Waals surface area contributed by atoms with Crippen molar-refractivity contribution in [2.45, 2.75) is 40.0 Å². The van der Waals surface area contributed by atoms with Crippen molar-refractivity contribution in [1.29, 1.82) is 0 Å². The van der Waals surface area contributed by atoms with Crippen molar-refractivity contribution in [2.24, 2.45) is 11.8 Å². The van der Waals surface area contributed by atoms with Crippen molar-refractivity contribution in [3.63, 3.8) is 0 Å². The van der Waals surface area contributed by atoms with Crippen LogP contribution in [0.2, 0.25) is 0 Å². The number of hydrogen-bond donors (Lipinski definition) is 1. The number of carboxylic acid groups (broad SMARTS) is 1. The van der Waals surface area contributed by atoms with Crippen LogP contribution in [0.4, 0.5) is 0 Å². The van der Waals surface area contributed by atoms with Gasteiger partial charge in [-0.2, -0.15) is 0 Å². The number of rotatable bonds is 6. The molecule has 0 heterocycles. The van der Waals surface area contributed by atoms with Crippen molar-refractivity contribution in [3.05, 3.63) is 12.2 Å². The van der Waals surface area contributed by atoms with Gasteiger partial charge >= 0.3 is 5.97 Å². The Labute approximate surface area is 80.7 Å². The summed E-state index contributed by atoms with van der Waals surface area (Å²) in [6.45, 7) is 6.00. The van der Waals surface area contributed by atoms with Crippen LogP contribution in [0.15, 0.2) is 12.2 Å². The van der Waals surface area contributed by atoms with Crippen LogP contribution >= 0.6 is 0 Å². The smallest absolute Gasteiger partial charge is 0.310 e. The molecule has 1 atom stereocenters. The van der Waals surface area contributed by atoms with Crippen molar-refractivity contribution >= 4 is 5.97 Å². The minimum Gasteiger partial charge on any atom is -0.481 e. The van der Waals surface area contributed by atoms with E-state index in [2.05, 4.69) is 6.92 Å². The van der Waals surface area contributed by atoms with Crippen LogP contribution in [0.25, 0.3) is 0 Å². The van der Waals surface area contributed by atoms with E-state index in [9.17, 15) is 4.79 Å². The summed E-state index contributed by atoms with van der Waals surface area (Å²) in [5.74, 6) is -0.866. The van der Waals surface area contributed by atoms with Crippen molar-refractivity contribution in [1.82, 2.24) is 0 Å². The van der Waals surface area contributed by atoms with Gasteiger partial charge in [0.2, 0.25) is 0 Å². The molecule has 0 bridgehead atoms. The minimum atomic E-state index is -0.720. The normalized spacial score (nSPS) is 13.8. The molecule has 13 heavy (non-hydrogen) atoms. The second-order valence-corrected chi connectivity index (χ2v) is 3.68. The van der Waals surface area contributed by atoms with Crippen LogP contribution < -0.4 is 0 Å². The molecule has 0 saturated carbocycles. The van der Waals surface area contributed by atoms with Crippen LogP contribution in [0.5, 0.6) is 0 Å². The summed E-state index contributed by atoms with van der Waals surface area (Å²) in [6.07, 6.45) is 7.10. The molecule has 0 aromatic rings. The highest BCUT2D eigenvalue weighted by Crippen LogP contribution is 2.13. The molecule has 0 rings (SSSR count). The Morgan fingerprint density at radius 3 is 2.46 bits per heavy atom. The third-order valence-electron chi connectivity index (χ3n) is 2.07. The lowest BCUT2D eigenvalue weighted by Crippen LogP contribution is -2.16. The second-order valence-electron chi connectivity index (χ2n) is 3.68. The van der Waals surface area contributed by atoms with E-state index < -0.39 is 5.97 Å². The third kappa shape index (κ3) is 5.45. The maximum absolute atomic E-state index is 10.8. The zero-order valence-corrected chi connectivity index (χ0v) is 8.79. The maximum atomic E-state index is 10.8. The molecule has 0 spiro atoms. The molecule has 0 amide bonds. The highest BCUT2D eigenvalue weighted by molar-refractivity contribution is 5.72. The zero-order chi connectivity index (χ0) is 10.3. The molecule has 76 valence electrons. The number of unbranched alkanes of at least 4 members (excludes halogenated alkanes) is 2. The van der Waals surface area contributed by atoms with Gasteiger partial charge in [0.05, 0.1) is 5.92 Å². The lowest BCUT2D eigenvalue weighted by atomic mass is 9.95. The summed E-state index contributed by atoms with van der Waals surface area (Å²) >= 11 is 0. The van der Waals surface area contributed by atoms with E-state index in [1.807, 2.05) is 26.0 Å². The van der Waals surface area contributed by atoms with Crippen molar-refractivity contribution in [3.8, 4) is 0 Å². The first-order chi connectivity index (χ1) is 6.09. The number of allylic oxidation sites excluding steroid dienone is 1. The Hall–Kier alpha value is -0.790. The summed E-state index contributed by atoms with van der Waals surface area (Å²) < 4.78 is 0. The van der Waals surface area contributed by atoms with E-state index in [1.54, 1.807) is 0 Å². The average Bonchev–Trinajstić information content (AvgIpc) is 2.02. The van der Waals surface area contributed by atoms with E-state index in [0.29, 0.717) is 0 Å². The van der Waals surface area contributed by atoms with Gasteiger partial charge in [0.1, 0.15) is 0 Å². The molecule has 0 aromatic carbocycles. The largest absolute Gasteiger partial charge is 0.481 e. The van der Waals surface area contributed by atoms with E-state index >= 15 is 0 Å². The molecule has 0 radical (unpaired) electrons. The summed E-state index contributed by atoms with van der Waals surface area (Å²) in [7, 11) is 0. The molecule has 2 nitrogen and oxygen atoms in total. The van der Waals surface area contributed by atoms with Gasteiger partial charge in [-0.25, -0.2) is 0 Å². The maximum Gasteiger partial charge on any atom is 0.310 e. The fourth-order valence-corrected chi connectivity index (χ4v) is 1.15. The molecule has 0 aliphatic heterocycles. The van der Waals surface area contributed by atoms with Crippen LogP contribution in [0, 0.1) is 11.8 Å². The average molecular weight is 184 g/mol. The van der Waals surface area contributed by atoms with Gasteiger partial charge in [0.25, 0.3) is 0 Å². The molecule has 1 unspecified atom stereocenters. The fourth-order valence-electron chi connectivity index (χ4n) is 1.15. The van der Waals surface area contributed by atoms with E-state index in [0.717, 1.165) is 19.3 Å². The van der Waals surface area contributed by atoms with Crippen LogP contribution in [-0.2, 0) is 4.79 Å². The lowest BCUT2D eigenvalue weighted by molar-refractivity contribution is -0.141. The first-order valence-electron chi connectivity index (χ1n) is 4.99. The Kier molecular flexibility index (Phi) is 6.29. The van der Waals surface area contributed by atoms with Gasteiger partial charge in [-0.3, -0.25) is 4.79 Å². The molecule has 2 heteroatoms. The van der Waals surface area contributed by atoms with Gasteiger partial charge in [0, 0.05) is 0 Å². The molecule has 1 N–H and O–H groups in total. The van der Waals surface area contributed by atoms with E-state index in [4.69, 9.17) is 5.11 Å². The van der Waals surface area contributed by atoms with E-state index in [1.165, 1.54) is 0 Å². The standard InChI is InChI=1S/C11H20O2/c1-4-5-6-7-8-10(9(2)3)11(12)13/h7-10H,4-6H2,1-3H3,(H,12,13). The molecule has 0 aliphatic carbocycles. The van der Waals surface area contributed by atoms with Crippen molar-refractivity contribution in [2.75, 3.05) is 0 Å². The summed E-state index contributed by atoms with van der Waals surface area (Å²) in [6, 6.07) is 0. The molecule has 0 fully saturated rings. The molecule has 0 saturated heterocycles. The van der Waals surface area contributed by atoms with Gasteiger partial charge in [0.15, 0.2) is 0 Å². The predicted molar refractivity (Wildman–Crippen MR) is 54.6 cm³/mol. The Morgan fingerprint density at radius 2 is 2.08 bits per heavy atom. The van der Waals surface area contributed by atoms with E-state index in [-0.39, 0.29) is 11.8 Å². The monoisotopic (exact) mass is 184 g/mol. The quantitative estimate of drug-likeness (QED) is 0.508. The Balaban J connectivity index is 3.95. The number of aliphatic carboxylic acids is 1. The summed E-state index contributed by atoms with van der Waals surface area (Å²) in [5.41, 5.74) is 0. The molecule has 0 aliphatic rings. The van der Waals surface area contributed by atoms with Crippen LogP contribution in [0.3, 0.4) is 0 Å². The zero-order valence-electron chi connectivity index (χ0n) is 8.79. The first-order valence-corrected chi connectivity index (χ1v) is 4.99.